The van der Waals surface area contributed by atoms with Gasteiger partial charge >= 0.3 is 0 Å². The summed E-state index contributed by atoms with van der Waals surface area (Å²) in [6, 6.07) is 1.36. The molecule has 2 aromatic carbocycles. The van der Waals surface area contributed by atoms with Crippen molar-refractivity contribution in [1.82, 2.24) is 0 Å². The zero-order valence-corrected chi connectivity index (χ0v) is 16.1. The van der Waals surface area contributed by atoms with Crippen molar-refractivity contribution in [1.29, 1.82) is 0 Å². The Balaban J connectivity index is 2.51. The van der Waals surface area contributed by atoms with E-state index in [0.29, 0.717) is 10.0 Å². The van der Waals surface area contributed by atoms with Gasteiger partial charge in [0, 0.05) is 4.47 Å². The lowest BCUT2D eigenvalue weighted by molar-refractivity contribution is 0.0972. The summed E-state index contributed by atoms with van der Waals surface area (Å²) < 4.78 is 0.260. The second-order valence-corrected chi connectivity index (χ2v) is 7.39. The Morgan fingerprint density at radius 2 is 1.26 bits per heavy atom. The summed E-state index contributed by atoms with van der Waals surface area (Å²) in [6.07, 6.45) is 0. The Bertz CT molecular complexity index is 934. The van der Waals surface area contributed by atoms with Crippen LogP contribution in [0.4, 0.5) is 0 Å². The first-order valence-electron chi connectivity index (χ1n) is 6.22. The molecule has 2 aromatic rings. The van der Waals surface area contributed by atoms with Gasteiger partial charge in [0.2, 0.25) is 5.78 Å². The van der Waals surface area contributed by atoms with Gasteiger partial charge in [0.05, 0.1) is 26.7 Å². The van der Waals surface area contributed by atoms with E-state index in [4.69, 9.17) is 0 Å². The molecule has 0 amide bonds. The highest BCUT2D eigenvalue weighted by molar-refractivity contribution is 9.11. The van der Waals surface area contributed by atoms with Crippen LogP contribution in [0.25, 0.3) is 0 Å². The molecule has 1 aliphatic carbocycles. The van der Waals surface area contributed by atoms with Crippen LogP contribution in [0, 0.1) is 6.92 Å². The molecule has 3 rings (SSSR count). The number of carbonyl (C=O) groups excluding carboxylic acids is 2. The van der Waals surface area contributed by atoms with E-state index in [-0.39, 0.29) is 42.7 Å². The zero-order valence-electron chi connectivity index (χ0n) is 11.4. The molecule has 1 aliphatic rings. The fourth-order valence-electron chi connectivity index (χ4n) is 2.57. The summed E-state index contributed by atoms with van der Waals surface area (Å²) in [5, 5.41) is 30.3. The van der Waals surface area contributed by atoms with Crippen molar-refractivity contribution < 1.29 is 24.9 Å². The normalized spacial score (nSPS) is 13.0. The summed E-state index contributed by atoms with van der Waals surface area (Å²) in [7, 11) is 0. The SMILES string of the molecule is Cc1cc(O)c2c(c1Br)C(=O)c1c(Br)c(O)c(Br)c(O)c1C2=O. The lowest BCUT2D eigenvalue weighted by Gasteiger charge is -2.23. The third kappa shape index (κ3) is 2.08. The highest BCUT2D eigenvalue weighted by atomic mass is 79.9. The van der Waals surface area contributed by atoms with E-state index in [0.717, 1.165) is 0 Å². The maximum atomic E-state index is 12.9. The van der Waals surface area contributed by atoms with Crippen molar-refractivity contribution in [3.05, 3.63) is 47.3 Å². The predicted molar refractivity (Wildman–Crippen MR) is 92.6 cm³/mol. The van der Waals surface area contributed by atoms with Gasteiger partial charge in [-0.05, 0) is 66.3 Å². The second kappa shape index (κ2) is 5.32. The number of rotatable bonds is 0. The van der Waals surface area contributed by atoms with Crippen molar-refractivity contribution in [2.45, 2.75) is 6.92 Å². The van der Waals surface area contributed by atoms with Gasteiger partial charge in [-0.1, -0.05) is 0 Å². The zero-order chi connectivity index (χ0) is 17.2. The van der Waals surface area contributed by atoms with Crippen LogP contribution in [0.5, 0.6) is 17.2 Å². The largest absolute Gasteiger partial charge is 0.507 e. The second-order valence-electron chi connectivity index (χ2n) is 5.01. The van der Waals surface area contributed by atoms with Crippen LogP contribution in [-0.4, -0.2) is 26.9 Å². The van der Waals surface area contributed by atoms with Gasteiger partial charge in [0.15, 0.2) is 5.78 Å². The predicted octanol–water partition coefficient (Wildman–Crippen LogP) is 4.17. The first-order valence-corrected chi connectivity index (χ1v) is 8.60. The number of hydrogen-bond donors (Lipinski definition) is 3. The van der Waals surface area contributed by atoms with E-state index in [2.05, 4.69) is 47.8 Å². The number of aromatic hydroxyl groups is 3. The van der Waals surface area contributed by atoms with Crippen molar-refractivity contribution in [2.24, 2.45) is 0 Å². The molecule has 0 atom stereocenters. The summed E-state index contributed by atoms with van der Waals surface area (Å²) in [6.45, 7) is 1.67. The molecule has 5 nitrogen and oxygen atoms in total. The van der Waals surface area contributed by atoms with Crippen LogP contribution in [-0.2, 0) is 0 Å². The highest BCUT2D eigenvalue weighted by Crippen LogP contribution is 2.49. The number of aryl methyl sites for hydroxylation is 1. The Hall–Kier alpha value is -1.38. The van der Waals surface area contributed by atoms with Gasteiger partial charge in [-0.25, -0.2) is 0 Å². The molecule has 0 fully saturated rings. The summed E-state index contributed by atoms with van der Waals surface area (Å²) in [5.74, 6) is -2.58. The average Bonchev–Trinajstić information content (AvgIpc) is 2.49. The molecule has 0 radical (unpaired) electrons. The summed E-state index contributed by atoms with van der Waals surface area (Å²) >= 11 is 9.33. The average molecular weight is 507 g/mol. The minimum Gasteiger partial charge on any atom is -0.507 e. The van der Waals surface area contributed by atoms with Crippen LogP contribution < -0.4 is 0 Å². The molecule has 0 spiro atoms. The van der Waals surface area contributed by atoms with Gasteiger partial charge in [-0.3, -0.25) is 9.59 Å². The Morgan fingerprint density at radius 3 is 1.87 bits per heavy atom. The van der Waals surface area contributed by atoms with Gasteiger partial charge in [-0.15, -0.1) is 0 Å². The molecule has 0 unspecified atom stereocenters. The third-order valence-electron chi connectivity index (χ3n) is 3.66. The molecule has 8 heteroatoms. The molecular formula is C15H7Br3O5. The van der Waals surface area contributed by atoms with E-state index < -0.39 is 17.3 Å². The lowest BCUT2D eigenvalue weighted by Crippen LogP contribution is -2.23. The fraction of sp³-hybridized carbons (Fsp3) is 0.0667. The van der Waals surface area contributed by atoms with E-state index in [9.17, 15) is 24.9 Å². The quantitative estimate of drug-likeness (QED) is 0.425. The molecule has 118 valence electrons. The Kier molecular flexibility index (Phi) is 3.81. The van der Waals surface area contributed by atoms with Crippen LogP contribution >= 0.6 is 47.8 Å². The number of hydrogen-bond acceptors (Lipinski definition) is 5. The fourth-order valence-corrected chi connectivity index (χ4v) is 4.30. The number of carbonyl (C=O) groups is 2. The number of phenolic OH excluding ortho intramolecular Hbond substituents is 3. The third-order valence-corrected chi connectivity index (χ3v) is 6.21. The molecule has 3 N–H and O–H groups in total. The molecule has 0 aromatic heterocycles. The first kappa shape index (κ1) is 16.5. The standard InChI is InChI=1S/C15H7Br3O5/c1-3-2-4(19)5-6(9(3)16)13(21)7-8(12(5)20)14(22)11(18)15(23)10(7)17/h2,19,22-23H,1H3. The number of benzene rings is 2. The Labute approximate surface area is 155 Å². The van der Waals surface area contributed by atoms with Crippen molar-refractivity contribution in [3.8, 4) is 17.2 Å². The monoisotopic (exact) mass is 504 g/mol. The topological polar surface area (TPSA) is 94.8 Å². The van der Waals surface area contributed by atoms with Gasteiger partial charge in [-0.2, -0.15) is 0 Å². The lowest BCUT2D eigenvalue weighted by atomic mass is 9.82. The molecule has 0 bridgehead atoms. The van der Waals surface area contributed by atoms with Gasteiger partial charge in [0.25, 0.3) is 0 Å². The van der Waals surface area contributed by atoms with Crippen LogP contribution in [0.2, 0.25) is 0 Å². The molecule has 0 aliphatic heterocycles. The number of phenols is 3. The van der Waals surface area contributed by atoms with Crippen molar-refractivity contribution >= 4 is 59.4 Å². The van der Waals surface area contributed by atoms with Crippen LogP contribution in [0.15, 0.2) is 19.5 Å². The van der Waals surface area contributed by atoms with E-state index in [1.165, 1.54) is 6.07 Å². The number of fused-ring (bicyclic) bond motifs is 2. The molecule has 23 heavy (non-hydrogen) atoms. The van der Waals surface area contributed by atoms with Crippen molar-refractivity contribution in [2.75, 3.05) is 0 Å². The van der Waals surface area contributed by atoms with Crippen LogP contribution in [0.1, 0.15) is 37.4 Å². The molecule has 0 saturated heterocycles. The van der Waals surface area contributed by atoms with Gasteiger partial charge < -0.3 is 15.3 Å². The van der Waals surface area contributed by atoms with E-state index in [1.54, 1.807) is 6.92 Å². The molecular weight excluding hydrogens is 500 g/mol. The molecule has 0 saturated carbocycles. The minimum absolute atomic E-state index is 0.00169. The number of ketones is 2. The number of halogens is 3. The maximum Gasteiger partial charge on any atom is 0.202 e. The Morgan fingerprint density at radius 1 is 0.739 bits per heavy atom. The first-order chi connectivity index (χ1) is 10.7. The van der Waals surface area contributed by atoms with Crippen LogP contribution in [0.3, 0.4) is 0 Å². The highest BCUT2D eigenvalue weighted by Gasteiger charge is 2.39. The van der Waals surface area contributed by atoms with Crippen molar-refractivity contribution in [3.63, 3.8) is 0 Å². The van der Waals surface area contributed by atoms with Gasteiger partial charge in [0.1, 0.15) is 21.7 Å². The maximum absolute atomic E-state index is 12.9. The minimum atomic E-state index is -0.702. The summed E-state index contributed by atoms with van der Waals surface area (Å²) in [4.78, 5) is 25.6. The molecule has 0 heterocycles. The van der Waals surface area contributed by atoms with E-state index >= 15 is 0 Å². The smallest absolute Gasteiger partial charge is 0.202 e. The summed E-state index contributed by atoms with van der Waals surface area (Å²) in [5.41, 5.74) is -0.0226. The van der Waals surface area contributed by atoms with E-state index in [1.807, 2.05) is 0 Å².